The third kappa shape index (κ3) is 64.1. The van der Waals surface area contributed by atoms with E-state index in [2.05, 4.69) is 48.5 Å². The molecule has 0 radical (unpaired) electrons. The molecule has 0 aromatic heterocycles. The molecule has 19 heteroatoms. The summed E-state index contributed by atoms with van der Waals surface area (Å²) in [5.41, 5.74) is 0. The molecule has 0 bridgehead atoms. The first-order valence-electron chi connectivity index (χ1n) is 37.9. The lowest BCUT2D eigenvalue weighted by atomic mass is 10.00. The number of hydrogen-bond donors (Lipinski definition) is 3. The molecule has 0 aliphatic rings. The number of aliphatic hydroxyl groups excluding tert-OH is 1. The summed E-state index contributed by atoms with van der Waals surface area (Å²) in [6.07, 6.45) is 48.7. The van der Waals surface area contributed by atoms with Crippen LogP contribution in [0.5, 0.6) is 0 Å². The van der Waals surface area contributed by atoms with E-state index in [0.717, 1.165) is 114 Å². The molecule has 546 valence electrons. The average molecular weight is 1350 g/mol. The lowest BCUT2D eigenvalue weighted by molar-refractivity contribution is -0.161. The van der Waals surface area contributed by atoms with E-state index in [1.54, 1.807) is 0 Å². The molecule has 17 nitrogen and oxygen atoms in total. The van der Waals surface area contributed by atoms with Gasteiger partial charge in [0, 0.05) is 25.7 Å². The number of carbonyl (C=O) groups excluding carboxylic acids is 4. The van der Waals surface area contributed by atoms with Crippen LogP contribution in [0, 0.1) is 17.8 Å². The van der Waals surface area contributed by atoms with Crippen molar-refractivity contribution in [1.82, 2.24) is 0 Å². The number of carbonyl (C=O) groups is 4. The number of phosphoric acid groups is 2. The maximum atomic E-state index is 13.1. The van der Waals surface area contributed by atoms with E-state index in [4.69, 9.17) is 37.0 Å². The van der Waals surface area contributed by atoms with Crippen molar-refractivity contribution in [2.75, 3.05) is 39.6 Å². The van der Waals surface area contributed by atoms with Crippen LogP contribution in [0.1, 0.15) is 370 Å². The summed E-state index contributed by atoms with van der Waals surface area (Å²) >= 11 is 0. The summed E-state index contributed by atoms with van der Waals surface area (Å²) in [6.45, 7) is 11.8. The van der Waals surface area contributed by atoms with Gasteiger partial charge in [-0.3, -0.25) is 37.3 Å². The first kappa shape index (κ1) is 90.1. The normalized spacial score (nSPS) is 14.7. The Balaban J connectivity index is 5.22. The third-order valence-corrected chi connectivity index (χ3v) is 19.5. The van der Waals surface area contributed by atoms with Crippen molar-refractivity contribution in [3.8, 4) is 0 Å². The van der Waals surface area contributed by atoms with E-state index >= 15 is 0 Å². The summed E-state index contributed by atoms with van der Waals surface area (Å²) in [7, 11) is -9.91. The fourth-order valence-corrected chi connectivity index (χ4v) is 12.6. The van der Waals surface area contributed by atoms with E-state index in [1.807, 2.05) is 0 Å². The highest BCUT2D eigenvalue weighted by Gasteiger charge is 2.30. The minimum Gasteiger partial charge on any atom is -0.462 e. The van der Waals surface area contributed by atoms with Crippen molar-refractivity contribution in [2.45, 2.75) is 388 Å². The van der Waals surface area contributed by atoms with Gasteiger partial charge in [0.05, 0.1) is 26.4 Å². The molecule has 4 unspecified atom stereocenters. The maximum absolute atomic E-state index is 13.1. The van der Waals surface area contributed by atoms with Gasteiger partial charge < -0.3 is 33.8 Å². The molecule has 7 atom stereocenters. The number of rotatable bonds is 71. The van der Waals surface area contributed by atoms with Gasteiger partial charge in [0.2, 0.25) is 0 Å². The van der Waals surface area contributed by atoms with E-state index < -0.39 is 97.5 Å². The fourth-order valence-electron chi connectivity index (χ4n) is 11.0. The Kier molecular flexibility index (Phi) is 62.4. The molecule has 0 aliphatic heterocycles. The predicted molar refractivity (Wildman–Crippen MR) is 372 cm³/mol. The molecule has 0 spiro atoms. The maximum Gasteiger partial charge on any atom is 0.472 e. The summed E-state index contributed by atoms with van der Waals surface area (Å²) in [4.78, 5) is 72.6. The van der Waals surface area contributed by atoms with Gasteiger partial charge in [-0.1, -0.05) is 318 Å². The van der Waals surface area contributed by atoms with E-state index in [9.17, 15) is 43.2 Å². The zero-order valence-corrected chi connectivity index (χ0v) is 61.8. The Morgan fingerprint density at radius 3 is 0.826 bits per heavy atom. The molecule has 0 aromatic carbocycles. The Bertz CT molecular complexity index is 1810. The Labute approximate surface area is 562 Å². The van der Waals surface area contributed by atoms with Crippen molar-refractivity contribution in [2.24, 2.45) is 17.8 Å². The Hall–Kier alpha value is -1.94. The van der Waals surface area contributed by atoms with Crippen LogP contribution >= 0.6 is 15.6 Å². The van der Waals surface area contributed by atoms with Crippen LogP contribution in [-0.4, -0.2) is 96.7 Å². The monoisotopic (exact) mass is 1350 g/mol. The SMILES string of the molecule is CCCCCCCCCCCCCCCC(=O)OC[C@H](COP(=O)(O)OC[C@@H](O)COP(=O)(O)OC[C@@H](COC(=O)CCCCCCCCC(C)CC)OC(=O)CCCCCCCCC(C)CC)OC(=O)CCCCCCCCCCCCCCCCCCC(C)C. The zero-order chi connectivity index (χ0) is 68.0. The minimum atomic E-state index is -4.95. The largest absolute Gasteiger partial charge is 0.472 e. The molecule has 0 aromatic rings. The van der Waals surface area contributed by atoms with E-state index in [1.165, 1.54) is 173 Å². The van der Waals surface area contributed by atoms with E-state index in [0.29, 0.717) is 25.7 Å². The molecule has 0 saturated heterocycles. The first-order chi connectivity index (χ1) is 44.3. The zero-order valence-electron chi connectivity index (χ0n) is 60.0. The molecule has 92 heavy (non-hydrogen) atoms. The predicted octanol–water partition coefficient (Wildman–Crippen LogP) is 21.0. The number of hydrogen-bond acceptors (Lipinski definition) is 15. The van der Waals surface area contributed by atoms with Gasteiger partial charge >= 0.3 is 39.5 Å². The van der Waals surface area contributed by atoms with Crippen LogP contribution in [0.2, 0.25) is 0 Å². The van der Waals surface area contributed by atoms with Gasteiger partial charge in [-0.2, -0.15) is 0 Å². The van der Waals surface area contributed by atoms with Crippen LogP contribution < -0.4 is 0 Å². The highest BCUT2D eigenvalue weighted by molar-refractivity contribution is 7.47. The molecular formula is C73H142O17P2. The van der Waals surface area contributed by atoms with Crippen molar-refractivity contribution < 1.29 is 80.2 Å². The molecule has 0 rings (SSSR count). The third-order valence-electron chi connectivity index (χ3n) is 17.6. The van der Waals surface area contributed by atoms with Crippen LogP contribution in [-0.2, 0) is 65.4 Å². The topological polar surface area (TPSA) is 237 Å². The molecule has 0 heterocycles. The highest BCUT2D eigenvalue weighted by atomic mass is 31.2. The summed E-state index contributed by atoms with van der Waals surface area (Å²) in [5.74, 6) is 0.135. The summed E-state index contributed by atoms with van der Waals surface area (Å²) < 4.78 is 68.4. The second-order valence-electron chi connectivity index (χ2n) is 27.3. The molecule has 0 amide bonds. The van der Waals surface area contributed by atoms with Gasteiger partial charge in [0.15, 0.2) is 12.2 Å². The van der Waals surface area contributed by atoms with Crippen LogP contribution in [0.25, 0.3) is 0 Å². The summed E-state index contributed by atoms with van der Waals surface area (Å²) in [5, 5.41) is 10.6. The van der Waals surface area contributed by atoms with Crippen molar-refractivity contribution in [1.29, 1.82) is 0 Å². The summed E-state index contributed by atoms with van der Waals surface area (Å²) in [6, 6.07) is 0. The van der Waals surface area contributed by atoms with Gasteiger partial charge in [-0.25, -0.2) is 9.13 Å². The van der Waals surface area contributed by atoms with Gasteiger partial charge in [0.25, 0.3) is 0 Å². The number of unbranched alkanes of at least 4 members (excludes halogenated alkanes) is 37. The van der Waals surface area contributed by atoms with Crippen molar-refractivity contribution in [3.63, 3.8) is 0 Å². The lowest BCUT2D eigenvalue weighted by Crippen LogP contribution is -2.30. The van der Waals surface area contributed by atoms with Gasteiger partial charge in [-0.15, -0.1) is 0 Å². The molecule has 0 fully saturated rings. The molecule has 0 saturated carbocycles. The van der Waals surface area contributed by atoms with Gasteiger partial charge in [-0.05, 0) is 43.4 Å². The lowest BCUT2D eigenvalue weighted by Gasteiger charge is -2.21. The number of phosphoric ester groups is 2. The van der Waals surface area contributed by atoms with E-state index in [-0.39, 0.29) is 25.7 Å². The number of esters is 4. The van der Waals surface area contributed by atoms with Crippen LogP contribution in [0.4, 0.5) is 0 Å². The number of ether oxygens (including phenoxy) is 4. The minimum absolute atomic E-state index is 0.102. The first-order valence-corrected chi connectivity index (χ1v) is 40.9. The van der Waals surface area contributed by atoms with Gasteiger partial charge in [0.1, 0.15) is 19.3 Å². The Morgan fingerprint density at radius 1 is 0.315 bits per heavy atom. The molecule has 0 aliphatic carbocycles. The second kappa shape index (κ2) is 63.8. The standard InChI is InChI=1S/C73H142O17P2/c1-8-11-12-13-14-15-16-21-25-28-31-40-47-54-70(75)83-60-68(89-72(77)56-49-42-32-29-26-23-20-18-17-19-22-24-27-30-37-44-51-64(4)5)62-87-91(79,80)85-58-67(74)59-86-92(81,82)88-63-69(90-73(78)57-50-43-36-34-39-46-53-66(7)10-3)61-84-71(76)55-48-41-35-33-38-45-52-65(6)9-2/h64-69,74H,8-63H2,1-7H3,(H,79,80)(H,81,82)/t65?,66?,67-,68-,69-/m1/s1. The van der Waals surface area contributed by atoms with Crippen molar-refractivity contribution in [3.05, 3.63) is 0 Å². The average Bonchev–Trinajstić information content (AvgIpc) is 1.64. The fraction of sp³-hybridized carbons (Fsp3) is 0.945. The molecular weight excluding hydrogens is 1210 g/mol. The molecule has 3 N–H and O–H groups in total. The Morgan fingerprint density at radius 2 is 0.554 bits per heavy atom. The highest BCUT2D eigenvalue weighted by Crippen LogP contribution is 2.45. The smallest absolute Gasteiger partial charge is 0.462 e. The van der Waals surface area contributed by atoms with Crippen LogP contribution in [0.15, 0.2) is 0 Å². The van der Waals surface area contributed by atoms with Crippen LogP contribution in [0.3, 0.4) is 0 Å². The second-order valence-corrected chi connectivity index (χ2v) is 30.2. The number of aliphatic hydroxyl groups is 1. The quantitative estimate of drug-likeness (QED) is 0.0222. The van der Waals surface area contributed by atoms with Crippen molar-refractivity contribution >= 4 is 39.5 Å².